The number of quaternary nitrogens is 2. The van der Waals surface area contributed by atoms with E-state index in [-0.39, 0.29) is 24.8 Å². The Kier molecular flexibility index (Phi) is 10.3. The molecule has 0 aliphatic rings. The summed E-state index contributed by atoms with van der Waals surface area (Å²) in [5.74, 6) is 0. The second-order valence-electron chi connectivity index (χ2n) is 4.63. The van der Waals surface area contributed by atoms with Crippen LogP contribution in [0.1, 0.15) is 0 Å². The van der Waals surface area contributed by atoms with Gasteiger partial charge in [-0.25, -0.2) is 11.1 Å². The van der Waals surface area contributed by atoms with Crippen molar-refractivity contribution in [2.45, 2.75) is 0 Å². The smallest absolute Gasteiger partial charge is 0.343 e. The van der Waals surface area contributed by atoms with Gasteiger partial charge in [-0.15, -0.1) is 0 Å². The van der Waals surface area contributed by atoms with Crippen molar-refractivity contribution in [1.82, 2.24) is 0 Å². The van der Waals surface area contributed by atoms with Gasteiger partial charge >= 0.3 is 6.67 Å². The van der Waals surface area contributed by atoms with Gasteiger partial charge in [-0.2, -0.15) is 5.26 Å². The summed E-state index contributed by atoms with van der Waals surface area (Å²) in [6.07, 6.45) is 0. The fraction of sp³-hybridized carbons (Fsp3) is 0.778. The van der Waals surface area contributed by atoms with Crippen LogP contribution in [-0.2, 0) is 0 Å². The molecule has 0 aromatic heterocycles. The lowest BCUT2D eigenvalue weighted by molar-refractivity contribution is -1.06. The number of halogens is 2. The molecule has 0 spiro atoms. The second-order valence-corrected chi connectivity index (χ2v) is 4.63. The number of rotatable bonds is 4. The second kappa shape index (κ2) is 7.73. The van der Waals surface area contributed by atoms with E-state index in [1.807, 2.05) is 28.2 Å². The Morgan fingerprint density at radius 2 is 1.60 bits per heavy atom. The van der Waals surface area contributed by atoms with Crippen LogP contribution >= 0.6 is 0 Å². The van der Waals surface area contributed by atoms with Gasteiger partial charge in [0, 0.05) is 0 Å². The van der Waals surface area contributed by atoms with Crippen molar-refractivity contribution >= 4 is 0 Å². The molecule has 0 aromatic rings. The lowest BCUT2D eigenvalue weighted by atomic mass is 10.5. The summed E-state index contributed by atoms with van der Waals surface area (Å²) >= 11 is 0. The topological polar surface area (TPSA) is 28.1 Å². The Bertz CT molecular complexity index is 224. The predicted molar refractivity (Wildman–Crippen MR) is 51.0 cm³/mol. The van der Waals surface area contributed by atoms with Gasteiger partial charge < -0.3 is 24.8 Å². The summed E-state index contributed by atoms with van der Waals surface area (Å²) in [5.41, 5.74) is 0. The monoisotopic (exact) mass is 252 g/mol. The maximum Gasteiger partial charge on any atom is 0.343 e. The third kappa shape index (κ3) is 9.78. The zero-order chi connectivity index (χ0) is 10.5. The third-order valence-electron chi connectivity index (χ3n) is 1.72. The van der Waals surface area contributed by atoms with E-state index in [0.29, 0.717) is 22.2 Å². The van der Waals surface area contributed by atoms with Crippen molar-refractivity contribution in [2.75, 3.05) is 48.1 Å². The van der Waals surface area contributed by atoms with Gasteiger partial charge in [-0.05, 0) is 0 Å². The predicted octanol–water partition coefficient (Wildman–Crippen LogP) is -5.49. The van der Waals surface area contributed by atoms with E-state index < -0.39 is 0 Å². The van der Waals surface area contributed by atoms with Crippen LogP contribution in [0.2, 0.25) is 0 Å². The number of hydrogen-bond acceptors (Lipinski definition) is 1. The van der Waals surface area contributed by atoms with Crippen molar-refractivity contribution in [1.29, 1.82) is 5.26 Å². The van der Waals surface area contributed by atoms with E-state index in [4.69, 9.17) is 11.8 Å². The molecule has 0 fully saturated rings. The van der Waals surface area contributed by atoms with Gasteiger partial charge in [0.25, 0.3) is 0 Å². The highest BCUT2D eigenvalue weighted by molar-refractivity contribution is 4.66. The fourth-order valence-corrected chi connectivity index (χ4v) is 1.51. The highest BCUT2D eigenvalue weighted by Gasteiger charge is 2.28. The maximum atomic E-state index is 8.60. The minimum Gasteiger partial charge on any atom is -1.00 e. The first-order valence-corrected chi connectivity index (χ1v) is 4.17. The molecule has 0 aliphatic carbocycles. The molecule has 88 valence electrons. The summed E-state index contributed by atoms with van der Waals surface area (Å²) in [4.78, 5) is 3.38. The van der Waals surface area contributed by atoms with E-state index in [9.17, 15) is 0 Å². The first-order chi connectivity index (χ1) is 5.83. The third-order valence-corrected chi connectivity index (χ3v) is 1.72. The summed E-state index contributed by atoms with van der Waals surface area (Å²) in [7, 11) is 8.03. The molecule has 0 aromatic carbocycles. The highest BCUT2D eigenvalue weighted by atomic mass is 35.5. The summed E-state index contributed by atoms with van der Waals surface area (Å²) < 4.78 is 1.27. The van der Waals surface area contributed by atoms with E-state index in [1.54, 1.807) is 0 Å². The molecule has 0 atom stereocenters. The van der Waals surface area contributed by atoms with Crippen LogP contribution in [0.15, 0.2) is 0 Å². The molecule has 6 heteroatoms. The standard InChI is InChI=1S/C9H18N4.2ClH/c1-11-8-13(4,5)9-12(2,3)7-6-10;;/h7-9H2,2-5H3;2*1H/q+2;;/p-2. The van der Waals surface area contributed by atoms with Crippen LogP contribution in [0.25, 0.3) is 4.85 Å². The summed E-state index contributed by atoms with van der Waals surface area (Å²) in [6, 6.07) is 2.16. The minimum atomic E-state index is 0. The number of nitrogens with zero attached hydrogens (tertiary/aromatic N) is 4. The molecule has 0 radical (unpaired) electrons. The van der Waals surface area contributed by atoms with Crippen LogP contribution in [0.4, 0.5) is 0 Å². The van der Waals surface area contributed by atoms with Crippen molar-refractivity contribution in [3.63, 3.8) is 0 Å². The van der Waals surface area contributed by atoms with Gasteiger partial charge in [-0.3, -0.25) is 9.33 Å². The SMILES string of the molecule is [C-]#[N+]C[N+](C)(C)C[N+](C)(C)CC#N.[Cl-].[Cl-]. The molecule has 0 heterocycles. The van der Waals surface area contributed by atoms with Gasteiger partial charge in [-0.1, -0.05) is 0 Å². The Balaban J connectivity index is -0.000000720. The molecule has 0 saturated carbocycles. The Hall–Kier alpha value is -0.520. The van der Waals surface area contributed by atoms with Gasteiger partial charge in [0.1, 0.15) is 6.07 Å². The van der Waals surface area contributed by atoms with Crippen molar-refractivity contribution in [3.05, 3.63) is 11.4 Å². The molecule has 0 amide bonds. The molecule has 0 unspecified atom stereocenters. The van der Waals surface area contributed by atoms with Crippen molar-refractivity contribution in [3.8, 4) is 6.07 Å². The molecule has 4 nitrogen and oxygen atoms in total. The quantitative estimate of drug-likeness (QED) is 0.213. The van der Waals surface area contributed by atoms with E-state index in [1.165, 1.54) is 0 Å². The van der Waals surface area contributed by atoms with Crippen molar-refractivity contribution < 1.29 is 33.8 Å². The first-order valence-electron chi connectivity index (χ1n) is 4.17. The summed E-state index contributed by atoms with van der Waals surface area (Å²) in [5, 5.41) is 8.60. The number of hydrogen-bond donors (Lipinski definition) is 0. The van der Waals surface area contributed by atoms with E-state index in [0.717, 1.165) is 6.67 Å². The maximum absolute atomic E-state index is 8.60. The lowest BCUT2D eigenvalue weighted by Gasteiger charge is -2.33. The molecule has 0 aliphatic heterocycles. The summed E-state index contributed by atoms with van der Waals surface area (Å²) in [6.45, 7) is 8.56. The normalized spacial score (nSPS) is 10.3. The van der Waals surface area contributed by atoms with Crippen LogP contribution in [-0.4, -0.2) is 57.0 Å². The number of nitriles is 1. The van der Waals surface area contributed by atoms with E-state index >= 15 is 0 Å². The first kappa shape index (κ1) is 20.0. The van der Waals surface area contributed by atoms with Crippen LogP contribution < -0.4 is 24.8 Å². The highest BCUT2D eigenvalue weighted by Crippen LogP contribution is 2.05. The molecular formula is C9H18Cl2N4. The van der Waals surface area contributed by atoms with Gasteiger partial charge in [0.2, 0.25) is 6.67 Å². The molecular weight excluding hydrogens is 235 g/mol. The minimum absolute atomic E-state index is 0. The zero-order valence-electron chi connectivity index (χ0n) is 9.67. The van der Waals surface area contributed by atoms with Crippen LogP contribution in [0.5, 0.6) is 0 Å². The van der Waals surface area contributed by atoms with Crippen LogP contribution in [0.3, 0.4) is 0 Å². The largest absolute Gasteiger partial charge is 1.00 e. The molecule has 0 N–H and O–H groups in total. The molecule has 15 heavy (non-hydrogen) atoms. The average Bonchev–Trinajstić information content (AvgIpc) is 1.82. The molecule has 0 bridgehead atoms. The van der Waals surface area contributed by atoms with Crippen molar-refractivity contribution in [2.24, 2.45) is 0 Å². The van der Waals surface area contributed by atoms with Gasteiger partial charge in [0.05, 0.1) is 28.2 Å². The zero-order valence-corrected chi connectivity index (χ0v) is 11.2. The van der Waals surface area contributed by atoms with E-state index in [2.05, 4.69) is 10.9 Å². The van der Waals surface area contributed by atoms with Crippen LogP contribution in [0, 0.1) is 17.9 Å². The molecule has 0 rings (SSSR count). The fourth-order valence-electron chi connectivity index (χ4n) is 1.51. The average molecular weight is 253 g/mol. The Morgan fingerprint density at radius 1 is 1.13 bits per heavy atom. The lowest BCUT2D eigenvalue weighted by Crippen LogP contribution is -3.00. The molecule has 0 saturated heterocycles. The Labute approximate surface area is 105 Å². The Morgan fingerprint density at radius 3 is 1.93 bits per heavy atom. The van der Waals surface area contributed by atoms with Gasteiger partial charge in [0.15, 0.2) is 6.54 Å².